The highest BCUT2D eigenvalue weighted by molar-refractivity contribution is 5.34. The molecule has 2 nitrogen and oxygen atoms in total. The van der Waals surface area contributed by atoms with Crippen molar-refractivity contribution in [3.63, 3.8) is 0 Å². The predicted molar refractivity (Wildman–Crippen MR) is 75.5 cm³/mol. The Morgan fingerprint density at radius 1 is 1.26 bits per heavy atom. The van der Waals surface area contributed by atoms with E-state index >= 15 is 0 Å². The average Bonchev–Trinajstić information content (AvgIpc) is 2.42. The molecular weight excluding hydrogens is 239 g/mol. The maximum atomic E-state index is 13.2. The second-order valence-corrected chi connectivity index (χ2v) is 4.64. The molecule has 19 heavy (non-hydrogen) atoms. The molecule has 1 aromatic heterocycles. The van der Waals surface area contributed by atoms with Crippen molar-refractivity contribution in [3.05, 3.63) is 65.2 Å². The van der Waals surface area contributed by atoms with Gasteiger partial charge in [-0.05, 0) is 55.3 Å². The molecule has 0 fully saturated rings. The number of benzene rings is 1. The molecule has 0 amide bonds. The lowest BCUT2D eigenvalue weighted by molar-refractivity contribution is 0.579. The quantitative estimate of drug-likeness (QED) is 0.886. The lowest BCUT2D eigenvalue weighted by atomic mass is 9.98. The summed E-state index contributed by atoms with van der Waals surface area (Å²) in [5.74, 6) is -0.198. The van der Waals surface area contributed by atoms with Crippen LogP contribution in [0.4, 0.5) is 4.39 Å². The summed E-state index contributed by atoms with van der Waals surface area (Å²) < 4.78 is 13.2. The smallest absolute Gasteiger partial charge is 0.123 e. The minimum Gasteiger partial charge on any atom is -0.305 e. The van der Waals surface area contributed by atoms with Crippen LogP contribution in [0, 0.1) is 12.7 Å². The Morgan fingerprint density at radius 2 is 2.11 bits per heavy atom. The van der Waals surface area contributed by atoms with Crippen LogP contribution in [0.3, 0.4) is 0 Å². The number of hydrogen-bond donors (Lipinski definition) is 1. The normalized spacial score (nSPS) is 12.4. The van der Waals surface area contributed by atoms with Gasteiger partial charge in [0.15, 0.2) is 0 Å². The average molecular weight is 258 g/mol. The molecule has 3 heteroatoms. The molecule has 0 aliphatic heterocycles. The molecule has 0 aliphatic carbocycles. The molecule has 100 valence electrons. The molecule has 2 rings (SSSR count). The van der Waals surface area contributed by atoms with Crippen molar-refractivity contribution in [2.75, 3.05) is 6.54 Å². The van der Waals surface area contributed by atoms with E-state index in [4.69, 9.17) is 0 Å². The lowest BCUT2D eigenvalue weighted by Gasteiger charge is -2.20. The summed E-state index contributed by atoms with van der Waals surface area (Å²) in [5.41, 5.74) is 2.98. The van der Waals surface area contributed by atoms with Crippen molar-refractivity contribution in [2.24, 2.45) is 0 Å². The molecule has 0 radical (unpaired) electrons. The summed E-state index contributed by atoms with van der Waals surface area (Å²) in [4.78, 5) is 4.42. The van der Waals surface area contributed by atoms with E-state index in [0.717, 1.165) is 29.8 Å². The van der Waals surface area contributed by atoms with Crippen molar-refractivity contribution >= 4 is 0 Å². The Bertz CT molecular complexity index is 526. The molecule has 1 heterocycles. The molecule has 0 bridgehead atoms. The van der Waals surface area contributed by atoms with Crippen molar-refractivity contribution in [2.45, 2.75) is 26.3 Å². The zero-order valence-electron chi connectivity index (χ0n) is 11.4. The van der Waals surface area contributed by atoms with Crippen LogP contribution >= 0.6 is 0 Å². The SMILES string of the molecule is CCCNC(c1ccccn1)c1ccc(F)cc1C. The van der Waals surface area contributed by atoms with Gasteiger partial charge in [-0.1, -0.05) is 19.1 Å². The van der Waals surface area contributed by atoms with Gasteiger partial charge in [0.1, 0.15) is 5.82 Å². The predicted octanol–water partition coefficient (Wildman–Crippen LogP) is 3.62. The highest BCUT2D eigenvalue weighted by Gasteiger charge is 2.16. The van der Waals surface area contributed by atoms with E-state index in [1.54, 1.807) is 12.3 Å². The summed E-state index contributed by atoms with van der Waals surface area (Å²) in [7, 11) is 0. The summed E-state index contributed by atoms with van der Waals surface area (Å²) in [6, 6.07) is 10.8. The van der Waals surface area contributed by atoms with Crippen LogP contribution in [0.25, 0.3) is 0 Å². The van der Waals surface area contributed by atoms with Gasteiger partial charge in [-0.15, -0.1) is 0 Å². The first-order valence-corrected chi connectivity index (χ1v) is 6.62. The van der Waals surface area contributed by atoms with E-state index in [1.807, 2.05) is 31.2 Å². The van der Waals surface area contributed by atoms with E-state index in [-0.39, 0.29) is 11.9 Å². The van der Waals surface area contributed by atoms with Gasteiger partial charge < -0.3 is 5.32 Å². The van der Waals surface area contributed by atoms with E-state index in [0.29, 0.717) is 0 Å². The van der Waals surface area contributed by atoms with Gasteiger partial charge in [-0.2, -0.15) is 0 Å². The Labute approximate surface area is 113 Å². The number of aromatic nitrogens is 1. The van der Waals surface area contributed by atoms with Gasteiger partial charge in [0.05, 0.1) is 11.7 Å². The molecule has 1 atom stereocenters. The Kier molecular flexibility index (Phi) is 4.63. The third-order valence-corrected chi connectivity index (χ3v) is 3.12. The number of aryl methyl sites for hydroxylation is 1. The van der Waals surface area contributed by atoms with E-state index in [1.165, 1.54) is 6.07 Å². The van der Waals surface area contributed by atoms with Crippen LogP contribution in [0.5, 0.6) is 0 Å². The van der Waals surface area contributed by atoms with Gasteiger partial charge in [-0.25, -0.2) is 4.39 Å². The van der Waals surface area contributed by atoms with Crippen molar-refractivity contribution < 1.29 is 4.39 Å². The Balaban J connectivity index is 2.37. The van der Waals surface area contributed by atoms with E-state index < -0.39 is 0 Å². The van der Waals surface area contributed by atoms with E-state index in [2.05, 4.69) is 17.2 Å². The fourth-order valence-corrected chi connectivity index (χ4v) is 2.17. The number of hydrogen-bond acceptors (Lipinski definition) is 2. The monoisotopic (exact) mass is 258 g/mol. The van der Waals surface area contributed by atoms with E-state index in [9.17, 15) is 4.39 Å². The molecule has 1 unspecified atom stereocenters. The largest absolute Gasteiger partial charge is 0.305 e. The molecule has 0 aliphatic rings. The maximum absolute atomic E-state index is 13.2. The number of rotatable bonds is 5. The molecule has 1 aromatic carbocycles. The van der Waals surface area contributed by atoms with Crippen LogP contribution in [-0.2, 0) is 0 Å². The zero-order valence-corrected chi connectivity index (χ0v) is 11.4. The van der Waals surface area contributed by atoms with Crippen molar-refractivity contribution in [1.82, 2.24) is 10.3 Å². The molecule has 2 aromatic rings. The third-order valence-electron chi connectivity index (χ3n) is 3.12. The zero-order chi connectivity index (χ0) is 13.7. The number of nitrogens with zero attached hydrogens (tertiary/aromatic N) is 1. The minimum absolute atomic E-state index is 0.0155. The highest BCUT2D eigenvalue weighted by atomic mass is 19.1. The van der Waals surface area contributed by atoms with Crippen molar-refractivity contribution in [3.8, 4) is 0 Å². The Morgan fingerprint density at radius 3 is 2.74 bits per heavy atom. The van der Waals surface area contributed by atoms with Crippen LogP contribution < -0.4 is 5.32 Å². The summed E-state index contributed by atoms with van der Waals surface area (Å²) in [6.45, 7) is 4.96. The van der Waals surface area contributed by atoms with Crippen LogP contribution in [0.15, 0.2) is 42.6 Å². The molecule has 0 saturated heterocycles. The van der Waals surface area contributed by atoms with Gasteiger partial charge in [0.25, 0.3) is 0 Å². The molecular formula is C16H19FN2. The Hall–Kier alpha value is -1.74. The van der Waals surface area contributed by atoms with Crippen molar-refractivity contribution in [1.29, 1.82) is 0 Å². The third kappa shape index (κ3) is 3.38. The van der Waals surface area contributed by atoms with Crippen LogP contribution in [-0.4, -0.2) is 11.5 Å². The maximum Gasteiger partial charge on any atom is 0.123 e. The summed E-state index contributed by atoms with van der Waals surface area (Å²) >= 11 is 0. The fraction of sp³-hybridized carbons (Fsp3) is 0.312. The molecule has 1 N–H and O–H groups in total. The summed E-state index contributed by atoms with van der Waals surface area (Å²) in [5, 5.41) is 3.48. The topological polar surface area (TPSA) is 24.9 Å². The summed E-state index contributed by atoms with van der Waals surface area (Å²) in [6.07, 6.45) is 2.83. The van der Waals surface area contributed by atoms with Gasteiger partial charge in [0.2, 0.25) is 0 Å². The number of pyridine rings is 1. The first-order chi connectivity index (χ1) is 9.22. The fourth-order valence-electron chi connectivity index (χ4n) is 2.17. The second kappa shape index (κ2) is 6.43. The van der Waals surface area contributed by atoms with Crippen LogP contribution in [0.1, 0.15) is 36.2 Å². The second-order valence-electron chi connectivity index (χ2n) is 4.64. The number of nitrogens with one attached hydrogen (secondary N) is 1. The minimum atomic E-state index is -0.198. The molecule has 0 saturated carbocycles. The van der Waals surface area contributed by atoms with Gasteiger partial charge in [-0.3, -0.25) is 4.98 Å². The standard InChI is InChI=1S/C16H19FN2/c1-3-9-19-16(15-6-4-5-10-18-15)14-8-7-13(17)11-12(14)2/h4-8,10-11,16,19H,3,9H2,1-2H3. The first kappa shape index (κ1) is 13.7. The van der Waals surface area contributed by atoms with Gasteiger partial charge >= 0.3 is 0 Å². The first-order valence-electron chi connectivity index (χ1n) is 6.62. The highest BCUT2D eigenvalue weighted by Crippen LogP contribution is 2.24. The lowest BCUT2D eigenvalue weighted by Crippen LogP contribution is -2.24. The molecule has 0 spiro atoms. The number of halogens is 1. The van der Waals surface area contributed by atoms with Gasteiger partial charge in [0, 0.05) is 6.20 Å². The van der Waals surface area contributed by atoms with Crippen LogP contribution in [0.2, 0.25) is 0 Å².